The molecule has 2 aromatic carbocycles. The summed E-state index contributed by atoms with van der Waals surface area (Å²) in [6, 6.07) is 14.1. The monoisotopic (exact) mass is 379 g/mol. The minimum absolute atomic E-state index is 0.0298. The molecule has 2 amide bonds. The van der Waals surface area contributed by atoms with Crippen LogP contribution in [0.4, 0.5) is 0 Å². The fraction of sp³-hybridized carbons (Fsp3) is 0.364. The lowest BCUT2D eigenvalue weighted by molar-refractivity contribution is -0.147. The van der Waals surface area contributed by atoms with Gasteiger partial charge in [-0.1, -0.05) is 36.4 Å². The number of hydrogen-bond acceptors (Lipinski definition) is 4. The number of carbonyl (C=O) groups is 2. The van der Waals surface area contributed by atoms with Gasteiger partial charge in [0, 0.05) is 25.6 Å². The van der Waals surface area contributed by atoms with E-state index < -0.39 is 12.1 Å². The van der Waals surface area contributed by atoms with Gasteiger partial charge in [0.2, 0.25) is 11.8 Å². The van der Waals surface area contributed by atoms with Gasteiger partial charge in [-0.2, -0.15) is 0 Å². The number of rotatable bonds is 5. The zero-order valence-corrected chi connectivity index (χ0v) is 15.9. The molecule has 2 aliphatic heterocycles. The number of phenolic OH excluding ortho intramolecular Hbond substituents is 1. The molecule has 28 heavy (non-hydrogen) atoms. The van der Waals surface area contributed by atoms with E-state index in [1.165, 1.54) is 11.1 Å². The molecule has 3 atom stereocenters. The van der Waals surface area contributed by atoms with Crippen LogP contribution in [0, 0.1) is 6.92 Å². The van der Waals surface area contributed by atoms with Crippen LogP contribution in [0.25, 0.3) is 0 Å². The Kier molecular flexibility index (Phi) is 5.05. The number of benzene rings is 2. The Morgan fingerprint density at radius 2 is 1.89 bits per heavy atom. The van der Waals surface area contributed by atoms with Gasteiger partial charge in [-0.3, -0.25) is 9.59 Å². The van der Waals surface area contributed by atoms with Crippen LogP contribution in [0.1, 0.15) is 23.1 Å². The summed E-state index contributed by atoms with van der Waals surface area (Å²) in [5.41, 5.74) is 3.37. The molecule has 2 aromatic rings. The van der Waals surface area contributed by atoms with Gasteiger partial charge in [-0.05, 0) is 42.2 Å². The molecule has 2 fully saturated rings. The van der Waals surface area contributed by atoms with E-state index in [9.17, 15) is 14.7 Å². The molecule has 146 valence electrons. The van der Waals surface area contributed by atoms with Gasteiger partial charge in [0.1, 0.15) is 17.8 Å². The minimum Gasteiger partial charge on any atom is -0.508 e. The first kappa shape index (κ1) is 18.5. The van der Waals surface area contributed by atoms with E-state index in [2.05, 4.69) is 29.7 Å². The predicted octanol–water partition coefficient (Wildman–Crippen LogP) is 1.50. The summed E-state index contributed by atoms with van der Waals surface area (Å²) in [4.78, 5) is 27.2. The number of aromatic hydroxyl groups is 1. The molecule has 0 aromatic heterocycles. The fourth-order valence-electron chi connectivity index (χ4n) is 4.07. The van der Waals surface area contributed by atoms with Crippen molar-refractivity contribution < 1.29 is 14.7 Å². The number of amides is 2. The van der Waals surface area contributed by atoms with Crippen molar-refractivity contribution in [3.05, 3.63) is 65.2 Å². The van der Waals surface area contributed by atoms with Crippen LogP contribution in [0.2, 0.25) is 0 Å². The highest BCUT2D eigenvalue weighted by molar-refractivity contribution is 5.97. The highest BCUT2D eigenvalue weighted by Crippen LogP contribution is 2.24. The van der Waals surface area contributed by atoms with Crippen LogP contribution in [-0.4, -0.2) is 46.5 Å². The molecule has 4 rings (SSSR count). The Labute approximate surface area is 164 Å². The van der Waals surface area contributed by atoms with Crippen molar-refractivity contribution in [3.63, 3.8) is 0 Å². The van der Waals surface area contributed by atoms with E-state index in [1.54, 1.807) is 29.2 Å². The van der Waals surface area contributed by atoms with E-state index in [0.717, 1.165) is 12.1 Å². The van der Waals surface area contributed by atoms with Crippen LogP contribution in [-0.2, 0) is 22.6 Å². The third-order valence-electron chi connectivity index (χ3n) is 5.72. The number of fused-ring (bicyclic) bond motifs is 1. The second-order valence-electron chi connectivity index (χ2n) is 7.68. The maximum atomic E-state index is 12.9. The van der Waals surface area contributed by atoms with E-state index in [4.69, 9.17) is 0 Å². The summed E-state index contributed by atoms with van der Waals surface area (Å²) in [7, 11) is 0. The lowest BCUT2D eigenvalue weighted by Crippen LogP contribution is -2.61. The summed E-state index contributed by atoms with van der Waals surface area (Å²) in [5, 5.41) is 15.8. The third-order valence-corrected chi connectivity index (χ3v) is 5.72. The fourth-order valence-corrected chi connectivity index (χ4v) is 4.07. The van der Waals surface area contributed by atoms with Gasteiger partial charge < -0.3 is 20.6 Å². The van der Waals surface area contributed by atoms with Gasteiger partial charge in [0.15, 0.2) is 0 Å². The molecule has 0 aliphatic carbocycles. The van der Waals surface area contributed by atoms with Crippen molar-refractivity contribution in [1.82, 2.24) is 15.5 Å². The number of nitrogens with one attached hydrogen (secondary N) is 2. The molecule has 0 radical (unpaired) electrons. The number of phenols is 1. The average Bonchev–Trinajstić information content (AvgIpc) is 3.12. The van der Waals surface area contributed by atoms with Crippen LogP contribution in [0.5, 0.6) is 5.75 Å². The van der Waals surface area contributed by atoms with Crippen molar-refractivity contribution in [1.29, 1.82) is 0 Å². The largest absolute Gasteiger partial charge is 0.508 e. The second-order valence-corrected chi connectivity index (χ2v) is 7.68. The first-order valence-corrected chi connectivity index (χ1v) is 9.68. The molecule has 2 saturated heterocycles. The summed E-state index contributed by atoms with van der Waals surface area (Å²) < 4.78 is 0. The minimum atomic E-state index is -0.552. The average molecular weight is 379 g/mol. The summed E-state index contributed by atoms with van der Waals surface area (Å²) >= 11 is 0. The van der Waals surface area contributed by atoms with Crippen molar-refractivity contribution >= 4 is 11.8 Å². The Morgan fingerprint density at radius 3 is 2.64 bits per heavy atom. The van der Waals surface area contributed by atoms with E-state index in [-0.39, 0.29) is 23.6 Å². The van der Waals surface area contributed by atoms with Gasteiger partial charge in [0.25, 0.3) is 0 Å². The van der Waals surface area contributed by atoms with Crippen LogP contribution >= 0.6 is 0 Å². The van der Waals surface area contributed by atoms with Crippen molar-refractivity contribution in [2.75, 3.05) is 6.54 Å². The Bertz CT molecular complexity index is 881. The number of hydrogen-bond donors (Lipinski definition) is 3. The SMILES string of the molecule is Cc1ccccc1CN[C@H]1C[C@H]2C(=O)N[C@@H](Cc3ccc(O)cc3)C(=O)N2C1. The highest BCUT2D eigenvalue weighted by atomic mass is 16.3. The molecular weight excluding hydrogens is 354 g/mol. The predicted molar refractivity (Wildman–Crippen MR) is 106 cm³/mol. The van der Waals surface area contributed by atoms with E-state index in [0.29, 0.717) is 19.4 Å². The first-order chi connectivity index (χ1) is 13.5. The second kappa shape index (κ2) is 7.64. The van der Waals surface area contributed by atoms with Gasteiger partial charge >= 0.3 is 0 Å². The number of piperazine rings is 1. The summed E-state index contributed by atoms with van der Waals surface area (Å²) in [5.74, 6) is 0.0753. The molecule has 0 saturated carbocycles. The normalized spacial score (nSPS) is 24.2. The molecule has 2 aliphatic rings. The standard InChI is InChI=1S/C22H25N3O3/c1-14-4-2-3-5-16(14)12-23-17-11-20-21(27)24-19(22(28)25(20)13-17)10-15-6-8-18(26)9-7-15/h2-9,17,19-20,23,26H,10-13H2,1H3,(H,24,27)/t17-,19-,20-/m0/s1. The Balaban J connectivity index is 1.40. The topological polar surface area (TPSA) is 81.7 Å². The van der Waals surface area contributed by atoms with Crippen molar-refractivity contribution in [2.45, 2.75) is 44.4 Å². The number of aryl methyl sites for hydroxylation is 1. The maximum absolute atomic E-state index is 12.9. The van der Waals surface area contributed by atoms with E-state index >= 15 is 0 Å². The molecule has 3 N–H and O–H groups in total. The Morgan fingerprint density at radius 1 is 1.14 bits per heavy atom. The van der Waals surface area contributed by atoms with E-state index in [1.807, 2.05) is 12.1 Å². The zero-order valence-electron chi connectivity index (χ0n) is 15.9. The molecular formula is C22H25N3O3. The lowest BCUT2D eigenvalue weighted by atomic mass is 10.0. The van der Waals surface area contributed by atoms with Crippen LogP contribution in [0.15, 0.2) is 48.5 Å². The van der Waals surface area contributed by atoms with Gasteiger partial charge in [-0.15, -0.1) is 0 Å². The van der Waals surface area contributed by atoms with Crippen molar-refractivity contribution in [3.8, 4) is 5.75 Å². The maximum Gasteiger partial charge on any atom is 0.246 e. The van der Waals surface area contributed by atoms with Gasteiger partial charge in [-0.25, -0.2) is 0 Å². The number of carbonyl (C=O) groups excluding carboxylic acids is 2. The molecule has 2 heterocycles. The van der Waals surface area contributed by atoms with Crippen molar-refractivity contribution in [2.24, 2.45) is 0 Å². The quantitative estimate of drug-likeness (QED) is 0.735. The molecule has 0 bridgehead atoms. The summed E-state index contributed by atoms with van der Waals surface area (Å²) in [6.07, 6.45) is 1.06. The van der Waals surface area contributed by atoms with Crippen LogP contribution in [0.3, 0.4) is 0 Å². The smallest absolute Gasteiger partial charge is 0.246 e. The lowest BCUT2D eigenvalue weighted by Gasteiger charge is -2.34. The van der Waals surface area contributed by atoms with Gasteiger partial charge in [0.05, 0.1) is 0 Å². The molecule has 6 nitrogen and oxygen atoms in total. The van der Waals surface area contributed by atoms with Crippen LogP contribution < -0.4 is 10.6 Å². The molecule has 6 heteroatoms. The Hall–Kier alpha value is -2.86. The summed E-state index contributed by atoms with van der Waals surface area (Å²) in [6.45, 7) is 3.36. The third kappa shape index (κ3) is 3.73. The zero-order chi connectivity index (χ0) is 19.7. The first-order valence-electron chi connectivity index (χ1n) is 9.68. The molecule has 0 spiro atoms. The number of nitrogens with zero attached hydrogens (tertiary/aromatic N) is 1. The molecule has 0 unspecified atom stereocenters. The highest BCUT2D eigenvalue weighted by Gasteiger charge is 2.46.